The summed E-state index contributed by atoms with van der Waals surface area (Å²) in [5, 5.41) is 3.01. The number of rotatable bonds is 10. The van der Waals surface area contributed by atoms with Crippen LogP contribution in [0.4, 0.5) is 0 Å². The minimum absolute atomic E-state index is 0.0283. The van der Waals surface area contributed by atoms with Gasteiger partial charge in [-0.25, -0.2) is 21.6 Å². The van der Waals surface area contributed by atoms with Gasteiger partial charge in [0.25, 0.3) is 5.91 Å². The second-order valence-corrected chi connectivity index (χ2v) is 17.4. The largest absolute Gasteiger partial charge is 0.347 e. The fourth-order valence-corrected chi connectivity index (χ4v) is 8.56. The lowest BCUT2D eigenvalue weighted by atomic mass is 9.84. The first kappa shape index (κ1) is 36.4. The minimum Gasteiger partial charge on any atom is -0.347 e. The summed E-state index contributed by atoms with van der Waals surface area (Å²) in [6, 6.07) is 8.51. The monoisotopic (exact) mass is 679 g/mol. The first-order valence-electron chi connectivity index (χ1n) is 16.4. The number of allylic oxidation sites excluding steroid dienone is 8. The van der Waals surface area contributed by atoms with Gasteiger partial charge in [0.2, 0.25) is 10.0 Å². The van der Waals surface area contributed by atoms with Gasteiger partial charge in [-0.1, -0.05) is 88.1 Å². The highest BCUT2D eigenvalue weighted by atomic mass is 32.2. The predicted octanol–water partition coefficient (Wildman–Crippen LogP) is 6.93. The Kier molecular flexibility index (Phi) is 11.7. The molecule has 2 aliphatic rings. The van der Waals surface area contributed by atoms with E-state index >= 15 is 0 Å². The fourth-order valence-electron chi connectivity index (χ4n) is 6.10. The van der Waals surface area contributed by atoms with E-state index in [4.69, 9.17) is 0 Å². The van der Waals surface area contributed by atoms with Gasteiger partial charge in [-0.2, -0.15) is 0 Å². The SMILES string of the molecule is C=C1/C=C\C=C/C/C(c2cc(C(=O)NCc3ccc(S(=O)(=O)CC)cc3)n(C)c2CC2CCCCC2)=C\C=C/1S(=O)(=O)NC(C)(C)C. The van der Waals surface area contributed by atoms with E-state index in [1.54, 1.807) is 70.2 Å². The molecular formula is C37H49N3O5S2. The number of carbonyl (C=O) groups excluding carboxylic acids is 1. The highest BCUT2D eigenvalue weighted by molar-refractivity contribution is 7.93. The average Bonchev–Trinajstić information content (AvgIpc) is 3.33. The van der Waals surface area contributed by atoms with Crippen LogP contribution in [0.15, 0.2) is 88.7 Å². The van der Waals surface area contributed by atoms with Gasteiger partial charge in [0.15, 0.2) is 9.84 Å². The number of hydrogen-bond acceptors (Lipinski definition) is 5. The molecule has 0 unspecified atom stereocenters. The Bertz CT molecular complexity index is 1810. The molecule has 254 valence electrons. The van der Waals surface area contributed by atoms with Gasteiger partial charge in [0.1, 0.15) is 5.69 Å². The number of nitrogens with one attached hydrogen (secondary N) is 2. The molecule has 0 spiro atoms. The summed E-state index contributed by atoms with van der Waals surface area (Å²) in [5.41, 5.74) is 3.88. The van der Waals surface area contributed by atoms with E-state index in [2.05, 4.69) is 16.6 Å². The number of sulfonamides is 1. The van der Waals surface area contributed by atoms with Gasteiger partial charge >= 0.3 is 0 Å². The summed E-state index contributed by atoms with van der Waals surface area (Å²) in [7, 11) is -5.25. The van der Waals surface area contributed by atoms with Crippen molar-refractivity contribution in [2.45, 2.75) is 89.6 Å². The van der Waals surface area contributed by atoms with Crippen LogP contribution >= 0.6 is 0 Å². The normalized spacial score (nSPS) is 20.5. The lowest BCUT2D eigenvalue weighted by molar-refractivity contribution is 0.0942. The molecule has 2 aliphatic carbocycles. The number of nitrogens with zero attached hydrogens (tertiary/aromatic N) is 1. The van der Waals surface area contributed by atoms with Crippen LogP contribution in [-0.4, -0.2) is 38.6 Å². The van der Waals surface area contributed by atoms with Crippen molar-refractivity contribution >= 4 is 31.3 Å². The van der Waals surface area contributed by atoms with Crippen molar-refractivity contribution in [1.82, 2.24) is 14.6 Å². The van der Waals surface area contributed by atoms with Crippen molar-refractivity contribution in [2.75, 3.05) is 5.75 Å². The minimum atomic E-state index is -3.87. The van der Waals surface area contributed by atoms with Crippen LogP contribution in [0.1, 0.15) is 93.5 Å². The molecule has 1 fully saturated rings. The van der Waals surface area contributed by atoms with Crippen LogP contribution in [0.2, 0.25) is 0 Å². The number of carbonyl (C=O) groups is 1. The summed E-state index contributed by atoms with van der Waals surface area (Å²) < 4.78 is 56.0. The topological polar surface area (TPSA) is 114 Å². The third kappa shape index (κ3) is 9.55. The number of benzene rings is 1. The predicted molar refractivity (Wildman–Crippen MR) is 191 cm³/mol. The molecule has 0 atom stereocenters. The number of aromatic nitrogens is 1. The molecule has 10 heteroatoms. The number of sulfone groups is 1. The molecule has 1 aromatic carbocycles. The van der Waals surface area contributed by atoms with Gasteiger partial charge in [0.05, 0.1) is 15.6 Å². The maximum absolute atomic E-state index is 13.7. The molecule has 0 bridgehead atoms. The Morgan fingerprint density at radius 3 is 2.32 bits per heavy atom. The molecular weight excluding hydrogens is 631 g/mol. The molecule has 1 heterocycles. The standard InChI is InChI=1S/C37H49N3O5S2/c1-7-46(42,43)31-21-18-29(19-22-31)26-38-36(41)34-25-32(33(40(34)6)24-28-15-11-9-12-16-28)30-17-13-8-10-14-27(2)35(23-20-30)47(44,45)39-37(3,4)5/h8,10,13-14,18-23,25,28,39H,2,7,9,11-12,15-17,24,26H2,1,3-6H3,(H,38,41)/b13-8-,14-10-,30-20+,35-23+. The molecule has 1 saturated carbocycles. The Labute approximate surface area is 281 Å². The second kappa shape index (κ2) is 15.2. The van der Waals surface area contributed by atoms with Gasteiger partial charge in [-0.15, -0.1) is 0 Å². The van der Waals surface area contributed by atoms with Gasteiger partial charge in [0, 0.05) is 24.8 Å². The lowest BCUT2D eigenvalue weighted by Gasteiger charge is -2.23. The van der Waals surface area contributed by atoms with Crippen LogP contribution in [0, 0.1) is 5.92 Å². The van der Waals surface area contributed by atoms with Crippen LogP contribution < -0.4 is 10.0 Å². The highest BCUT2D eigenvalue weighted by Gasteiger charge is 2.27. The summed E-state index contributed by atoms with van der Waals surface area (Å²) >= 11 is 0. The smallest absolute Gasteiger partial charge is 0.268 e. The van der Waals surface area contributed by atoms with Gasteiger partial charge < -0.3 is 9.88 Å². The van der Waals surface area contributed by atoms with E-state index in [9.17, 15) is 21.6 Å². The Hall–Kier alpha value is -3.47. The molecule has 2 aromatic rings. The number of amides is 1. The molecule has 47 heavy (non-hydrogen) atoms. The van der Waals surface area contributed by atoms with Crippen LogP contribution in [0.25, 0.3) is 5.57 Å². The average molecular weight is 680 g/mol. The molecule has 0 saturated heterocycles. The van der Waals surface area contributed by atoms with E-state index in [1.807, 2.05) is 35.9 Å². The van der Waals surface area contributed by atoms with Crippen molar-refractivity contribution in [3.05, 3.63) is 106 Å². The molecule has 0 radical (unpaired) electrons. The maximum Gasteiger partial charge on any atom is 0.268 e. The van der Waals surface area contributed by atoms with E-state index in [-0.39, 0.29) is 28.0 Å². The third-order valence-corrected chi connectivity index (χ3v) is 12.2. The summed E-state index contributed by atoms with van der Waals surface area (Å²) in [6.07, 6.45) is 18.1. The molecule has 1 amide bonds. The van der Waals surface area contributed by atoms with Crippen LogP contribution in [0.5, 0.6) is 0 Å². The van der Waals surface area contributed by atoms with E-state index in [0.29, 0.717) is 23.6 Å². The van der Waals surface area contributed by atoms with Crippen molar-refractivity contribution in [2.24, 2.45) is 13.0 Å². The van der Waals surface area contributed by atoms with E-state index < -0.39 is 25.4 Å². The van der Waals surface area contributed by atoms with Crippen molar-refractivity contribution in [3.63, 3.8) is 0 Å². The number of hydrogen-bond donors (Lipinski definition) is 2. The van der Waals surface area contributed by atoms with Crippen LogP contribution in [0.3, 0.4) is 0 Å². The summed E-state index contributed by atoms with van der Waals surface area (Å²) in [5.74, 6) is 0.292. The van der Waals surface area contributed by atoms with Gasteiger partial charge in [-0.3, -0.25) is 4.79 Å². The second-order valence-electron chi connectivity index (χ2n) is 13.5. The van der Waals surface area contributed by atoms with Gasteiger partial charge in [-0.05, 0) is 86.1 Å². The quantitative estimate of drug-likeness (QED) is 0.283. The maximum atomic E-state index is 13.7. The zero-order valence-corrected chi connectivity index (χ0v) is 29.9. The molecule has 4 rings (SSSR count). The molecule has 0 aliphatic heterocycles. The first-order valence-corrected chi connectivity index (χ1v) is 19.5. The summed E-state index contributed by atoms with van der Waals surface area (Å²) in [6.45, 7) is 11.3. The first-order chi connectivity index (χ1) is 22.1. The van der Waals surface area contributed by atoms with E-state index in [1.165, 1.54) is 19.3 Å². The van der Waals surface area contributed by atoms with Crippen molar-refractivity contribution in [1.29, 1.82) is 0 Å². The Balaban J connectivity index is 1.72. The molecule has 8 nitrogen and oxygen atoms in total. The zero-order valence-electron chi connectivity index (χ0n) is 28.3. The summed E-state index contributed by atoms with van der Waals surface area (Å²) in [4.78, 5) is 14.0. The van der Waals surface area contributed by atoms with E-state index in [0.717, 1.165) is 41.7 Å². The lowest BCUT2D eigenvalue weighted by Crippen LogP contribution is -2.41. The van der Waals surface area contributed by atoms with Crippen molar-refractivity contribution in [3.8, 4) is 0 Å². The molecule has 1 aromatic heterocycles. The molecule has 2 N–H and O–H groups in total. The zero-order chi connectivity index (χ0) is 34.4. The Morgan fingerprint density at radius 2 is 1.68 bits per heavy atom. The fraction of sp³-hybridized carbons (Fsp3) is 0.432. The van der Waals surface area contributed by atoms with Crippen LogP contribution in [-0.2, 0) is 39.9 Å². The van der Waals surface area contributed by atoms with Crippen molar-refractivity contribution < 1.29 is 21.6 Å². The third-order valence-electron chi connectivity index (χ3n) is 8.62. The highest BCUT2D eigenvalue weighted by Crippen LogP contribution is 2.33. The Morgan fingerprint density at radius 1 is 1.00 bits per heavy atom.